The van der Waals surface area contributed by atoms with Crippen LogP contribution in [0, 0.1) is 6.92 Å². The average Bonchev–Trinajstić information content (AvgIpc) is 3.45. The Kier molecular flexibility index (Phi) is 9.78. The standard InChI is InChI=1S/C50H46N2/c1-36-32-38(16-15-37-17-19-43(20-18-37)49-14-8-9-30-51-49)34-46(33-36)48-13-7-6-12-47(48)42-25-27-44(28-26-42)50-35-45(29-31-52-50)41-23-21-40(22-24-41)39-10-4-2-3-5-11-39/h6-9,12-14,17-35,39H,2-5,10-11,15-16H2,1H3/i39D. The van der Waals surface area contributed by atoms with Gasteiger partial charge in [-0.2, -0.15) is 0 Å². The van der Waals surface area contributed by atoms with Crippen molar-refractivity contribution < 1.29 is 1.37 Å². The zero-order valence-corrected chi connectivity index (χ0v) is 30.1. The molecule has 256 valence electrons. The quantitative estimate of drug-likeness (QED) is 0.142. The molecule has 5 aromatic carbocycles. The summed E-state index contributed by atoms with van der Waals surface area (Å²) in [6.45, 7) is 2.20. The van der Waals surface area contributed by atoms with Crippen molar-refractivity contribution in [2.24, 2.45) is 0 Å². The van der Waals surface area contributed by atoms with Gasteiger partial charge in [0.15, 0.2) is 0 Å². The maximum absolute atomic E-state index is 9.15. The molecule has 0 saturated heterocycles. The Morgan fingerprint density at radius 2 is 1.10 bits per heavy atom. The maximum Gasteiger partial charge on any atom is 0.0708 e. The van der Waals surface area contributed by atoms with Gasteiger partial charge in [0.25, 0.3) is 0 Å². The van der Waals surface area contributed by atoms with E-state index in [0.29, 0.717) is 0 Å². The summed E-state index contributed by atoms with van der Waals surface area (Å²) in [5.41, 5.74) is 16.5. The van der Waals surface area contributed by atoms with Gasteiger partial charge in [-0.3, -0.25) is 9.97 Å². The number of hydrogen-bond donors (Lipinski definition) is 0. The summed E-state index contributed by atoms with van der Waals surface area (Å²) in [5.74, 6) is -0.449. The molecule has 2 aromatic heterocycles. The van der Waals surface area contributed by atoms with Gasteiger partial charge in [0.1, 0.15) is 0 Å². The smallest absolute Gasteiger partial charge is 0.0708 e. The Bertz CT molecular complexity index is 2280. The van der Waals surface area contributed by atoms with Crippen LogP contribution in [-0.2, 0) is 12.8 Å². The Hall–Kier alpha value is -5.60. The molecule has 0 atom stereocenters. The van der Waals surface area contributed by atoms with Crippen molar-refractivity contribution >= 4 is 0 Å². The highest BCUT2D eigenvalue weighted by Crippen LogP contribution is 2.36. The zero-order chi connectivity index (χ0) is 36.0. The van der Waals surface area contributed by atoms with E-state index in [1.54, 1.807) is 0 Å². The summed E-state index contributed by atoms with van der Waals surface area (Å²) in [7, 11) is 0. The molecule has 1 saturated carbocycles. The lowest BCUT2D eigenvalue weighted by atomic mass is 9.90. The molecule has 1 aliphatic carbocycles. The molecule has 0 bridgehead atoms. The van der Waals surface area contributed by atoms with Crippen LogP contribution in [0.4, 0.5) is 0 Å². The van der Waals surface area contributed by atoms with Crippen LogP contribution in [0.2, 0.25) is 0 Å². The summed E-state index contributed by atoms with van der Waals surface area (Å²) < 4.78 is 9.15. The van der Waals surface area contributed by atoms with E-state index in [4.69, 9.17) is 6.35 Å². The van der Waals surface area contributed by atoms with E-state index in [1.165, 1.54) is 51.8 Å². The molecule has 2 nitrogen and oxygen atoms in total. The predicted molar refractivity (Wildman–Crippen MR) is 218 cm³/mol. The van der Waals surface area contributed by atoms with Gasteiger partial charge >= 0.3 is 0 Å². The maximum atomic E-state index is 9.15. The van der Waals surface area contributed by atoms with E-state index in [0.717, 1.165) is 77.7 Å². The molecule has 0 unspecified atom stereocenters. The highest BCUT2D eigenvalue weighted by molar-refractivity contribution is 5.85. The first kappa shape index (κ1) is 32.3. The van der Waals surface area contributed by atoms with Gasteiger partial charge in [0.2, 0.25) is 0 Å². The molecule has 1 aliphatic rings. The van der Waals surface area contributed by atoms with Crippen LogP contribution in [0.15, 0.2) is 158 Å². The van der Waals surface area contributed by atoms with Gasteiger partial charge in [0.05, 0.1) is 11.4 Å². The number of hydrogen-bond acceptors (Lipinski definition) is 2. The summed E-state index contributed by atoms with van der Waals surface area (Å²) in [6.07, 6.45) is 12.5. The monoisotopic (exact) mass is 675 g/mol. The second-order valence-electron chi connectivity index (χ2n) is 14.3. The molecule has 0 spiro atoms. The van der Waals surface area contributed by atoms with Crippen molar-refractivity contribution in [2.75, 3.05) is 0 Å². The topological polar surface area (TPSA) is 25.8 Å². The summed E-state index contributed by atoms with van der Waals surface area (Å²) in [5, 5.41) is 0. The lowest BCUT2D eigenvalue weighted by molar-refractivity contribution is 0.592. The third kappa shape index (κ3) is 7.82. The number of pyridine rings is 2. The zero-order valence-electron chi connectivity index (χ0n) is 31.1. The molecule has 0 radical (unpaired) electrons. The fraction of sp³-hybridized carbons (Fsp3) is 0.200. The van der Waals surface area contributed by atoms with Crippen molar-refractivity contribution in [3.05, 3.63) is 180 Å². The number of nitrogens with zero attached hydrogens (tertiary/aromatic N) is 2. The van der Waals surface area contributed by atoms with Crippen LogP contribution in [0.3, 0.4) is 0 Å². The van der Waals surface area contributed by atoms with Crippen LogP contribution in [0.25, 0.3) is 55.9 Å². The molecular formula is C50H46N2. The molecule has 0 amide bonds. The molecule has 1 fully saturated rings. The third-order valence-corrected chi connectivity index (χ3v) is 10.6. The minimum absolute atomic E-state index is 0.449. The molecule has 0 aliphatic heterocycles. The molecule has 8 rings (SSSR count). The van der Waals surface area contributed by atoms with E-state index < -0.39 is 5.89 Å². The van der Waals surface area contributed by atoms with Crippen molar-refractivity contribution in [1.82, 2.24) is 9.97 Å². The van der Waals surface area contributed by atoms with Crippen molar-refractivity contribution in [1.29, 1.82) is 0 Å². The Labute approximate surface area is 310 Å². The van der Waals surface area contributed by atoms with Gasteiger partial charge in [-0.15, -0.1) is 0 Å². The molecule has 7 aromatic rings. The van der Waals surface area contributed by atoms with Gasteiger partial charge < -0.3 is 0 Å². The molecular weight excluding hydrogens is 629 g/mol. The van der Waals surface area contributed by atoms with Crippen LogP contribution in [0.5, 0.6) is 0 Å². The highest BCUT2D eigenvalue weighted by Gasteiger charge is 2.15. The molecule has 52 heavy (non-hydrogen) atoms. The number of aromatic nitrogens is 2. The fourth-order valence-corrected chi connectivity index (χ4v) is 7.74. The van der Waals surface area contributed by atoms with Crippen molar-refractivity contribution in [3.8, 4) is 55.9 Å². The van der Waals surface area contributed by atoms with E-state index in [-0.39, 0.29) is 0 Å². The van der Waals surface area contributed by atoms with Crippen LogP contribution in [0.1, 0.15) is 68.0 Å². The molecule has 2 heterocycles. The third-order valence-electron chi connectivity index (χ3n) is 10.6. The largest absolute Gasteiger partial charge is 0.256 e. The van der Waals surface area contributed by atoms with Gasteiger partial charge in [0, 0.05) is 24.9 Å². The first-order valence-corrected chi connectivity index (χ1v) is 18.9. The first-order chi connectivity index (χ1) is 26.0. The van der Waals surface area contributed by atoms with Crippen molar-refractivity contribution in [2.45, 2.75) is 64.2 Å². The summed E-state index contributed by atoms with van der Waals surface area (Å²) in [6, 6.07) is 52.4. The highest BCUT2D eigenvalue weighted by atomic mass is 14.7. The van der Waals surface area contributed by atoms with E-state index in [9.17, 15) is 0 Å². The minimum atomic E-state index is -0.449. The first-order valence-electron chi connectivity index (χ1n) is 19.4. The predicted octanol–water partition coefficient (Wildman–Crippen LogP) is 13.3. The van der Waals surface area contributed by atoms with Crippen LogP contribution >= 0.6 is 0 Å². The molecule has 2 heteroatoms. The summed E-state index contributed by atoms with van der Waals surface area (Å²) >= 11 is 0. The van der Waals surface area contributed by atoms with E-state index in [2.05, 4.69) is 145 Å². The number of rotatable bonds is 9. The lowest BCUT2D eigenvalue weighted by Crippen LogP contribution is -1.96. The van der Waals surface area contributed by atoms with Crippen LogP contribution in [-0.4, -0.2) is 9.97 Å². The van der Waals surface area contributed by atoms with Gasteiger partial charge in [-0.1, -0.05) is 153 Å². The second kappa shape index (κ2) is 15.7. The lowest BCUT2D eigenvalue weighted by Gasteiger charge is -2.15. The normalized spacial score (nSPS) is 14.4. The van der Waals surface area contributed by atoms with Gasteiger partial charge in [-0.05, 0) is 113 Å². The Morgan fingerprint density at radius 1 is 0.481 bits per heavy atom. The van der Waals surface area contributed by atoms with Crippen LogP contribution < -0.4 is 0 Å². The van der Waals surface area contributed by atoms with E-state index >= 15 is 0 Å². The Balaban J connectivity index is 0.987. The average molecular weight is 676 g/mol. The molecule has 0 N–H and O–H groups in total. The summed E-state index contributed by atoms with van der Waals surface area (Å²) in [4.78, 5) is 9.25. The SMILES string of the molecule is [2H]C1(c2ccc(-c3ccnc(-c4ccc(-c5ccccc5-c5cc(C)cc(CCc6ccc(-c7ccccn7)cc6)c5)cc4)c3)cc2)CCCCCC1. The van der Waals surface area contributed by atoms with Gasteiger partial charge in [-0.25, -0.2) is 0 Å². The van der Waals surface area contributed by atoms with Crippen molar-refractivity contribution in [3.63, 3.8) is 0 Å². The fourth-order valence-electron chi connectivity index (χ4n) is 7.74. The Morgan fingerprint density at radius 3 is 1.83 bits per heavy atom. The minimum Gasteiger partial charge on any atom is -0.256 e. The number of aryl methyl sites for hydroxylation is 3. The second-order valence-corrected chi connectivity index (χ2v) is 14.3. The number of benzene rings is 5. The van der Waals surface area contributed by atoms with E-state index in [1.807, 2.05) is 24.5 Å².